The molecule has 0 radical (unpaired) electrons. The Hall–Kier alpha value is -2.37. The fraction of sp³-hybridized carbons (Fsp3) is 0.300. The third kappa shape index (κ3) is 5.58. The molecule has 0 heterocycles. The molecule has 0 fully saturated rings. The van der Waals surface area contributed by atoms with Crippen LogP contribution in [0.1, 0.15) is 28.4 Å². The third-order valence-electron chi connectivity index (χ3n) is 3.97. The van der Waals surface area contributed by atoms with Gasteiger partial charge in [0, 0.05) is 12.1 Å². The first-order valence-electron chi connectivity index (χ1n) is 8.57. The van der Waals surface area contributed by atoms with Gasteiger partial charge in [-0.1, -0.05) is 48.0 Å². The molecule has 0 unspecified atom stereocenters. The standard InChI is InChI=1S/C20H24ClN3O2/c1-14(23-20(26)17-10-6-7-11-18(17)21)19(25)22-12-15-8-4-5-9-16(15)13-24(2)3/h4-11,14H,12-13H2,1-3H3,(H,22,25)(H,23,26)/p+1/t14-/m0/s1. The molecule has 0 bridgehead atoms. The fourth-order valence-electron chi connectivity index (χ4n) is 2.60. The molecule has 0 saturated heterocycles. The maximum atomic E-state index is 12.3. The van der Waals surface area contributed by atoms with Crippen molar-refractivity contribution in [1.82, 2.24) is 10.6 Å². The summed E-state index contributed by atoms with van der Waals surface area (Å²) in [5.74, 6) is -0.604. The SMILES string of the molecule is C[C@H](NC(=O)c1ccccc1Cl)C(=O)NCc1ccccc1C[NH+](C)C. The molecule has 26 heavy (non-hydrogen) atoms. The van der Waals surface area contributed by atoms with Crippen LogP contribution >= 0.6 is 11.6 Å². The highest BCUT2D eigenvalue weighted by Gasteiger charge is 2.18. The largest absolute Gasteiger partial charge is 0.350 e. The summed E-state index contributed by atoms with van der Waals surface area (Å²) in [4.78, 5) is 25.9. The van der Waals surface area contributed by atoms with E-state index in [1.54, 1.807) is 31.2 Å². The van der Waals surface area contributed by atoms with Gasteiger partial charge in [0.25, 0.3) is 5.91 Å². The lowest BCUT2D eigenvalue weighted by molar-refractivity contribution is -0.872. The van der Waals surface area contributed by atoms with E-state index in [9.17, 15) is 9.59 Å². The maximum absolute atomic E-state index is 12.3. The molecule has 6 heteroatoms. The Morgan fingerprint density at radius 1 is 1.04 bits per heavy atom. The number of hydrogen-bond donors (Lipinski definition) is 3. The number of rotatable bonds is 7. The second-order valence-electron chi connectivity index (χ2n) is 6.55. The van der Waals surface area contributed by atoms with Crippen LogP contribution in [0.15, 0.2) is 48.5 Å². The topological polar surface area (TPSA) is 62.6 Å². The molecule has 0 aromatic heterocycles. The minimum absolute atomic E-state index is 0.239. The lowest BCUT2D eigenvalue weighted by Crippen LogP contribution is -3.04. The van der Waals surface area contributed by atoms with E-state index >= 15 is 0 Å². The van der Waals surface area contributed by atoms with E-state index in [4.69, 9.17) is 11.6 Å². The molecule has 0 saturated carbocycles. The molecule has 3 N–H and O–H groups in total. The first kappa shape index (κ1) is 19.9. The van der Waals surface area contributed by atoms with Crippen molar-refractivity contribution in [3.05, 3.63) is 70.2 Å². The number of carbonyl (C=O) groups excluding carboxylic acids is 2. The van der Waals surface area contributed by atoms with Crippen molar-refractivity contribution in [3.63, 3.8) is 0 Å². The Morgan fingerprint density at radius 3 is 2.31 bits per heavy atom. The zero-order valence-electron chi connectivity index (χ0n) is 15.3. The van der Waals surface area contributed by atoms with Crippen LogP contribution < -0.4 is 15.5 Å². The number of amides is 2. The predicted molar refractivity (Wildman–Crippen MR) is 103 cm³/mol. The van der Waals surface area contributed by atoms with E-state index in [1.807, 2.05) is 18.2 Å². The number of carbonyl (C=O) groups is 2. The molecule has 0 aliphatic carbocycles. The van der Waals surface area contributed by atoms with Crippen molar-refractivity contribution < 1.29 is 14.5 Å². The zero-order chi connectivity index (χ0) is 19.1. The van der Waals surface area contributed by atoms with Gasteiger partial charge >= 0.3 is 0 Å². The van der Waals surface area contributed by atoms with Gasteiger partial charge in [-0.2, -0.15) is 0 Å². The molecule has 2 amide bonds. The first-order valence-corrected chi connectivity index (χ1v) is 8.95. The Morgan fingerprint density at radius 2 is 1.65 bits per heavy atom. The van der Waals surface area contributed by atoms with Gasteiger partial charge in [-0.25, -0.2) is 0 Å². The molecular formula is C20H25ClN3O2+. The minimum atomic E-state index is -0.662. The van der Waals surface area contributed by atoms with Crippen LogP contribution in [0.5, 0.6) is 0 Å². The first-order chi connectivity index (χ1) is 12.4. The van der Waals surface area contributed by atoms with Crippen LogP contribution in [0.2, 0.25) is 5.02 Å². The van der Waals surface area contributed by atoms with E-state index in [0.717, 1.165) is 12.1 Å². The van der Waals surface area contributed by atoms with Gasteiger partial charge in [-0.05, 0) is 24.6 Å². The van der Waals surface area contributed by atoms with Gasteiger partial charge in [0.15, 0.2) is 0 Å². The third-order valence-corrected chi connectivity index (χ3v) is 4.30. The minimum Gasteiger partial charge on any atom is -0.350 e. The Bertz CT molecular complexity index is 777. The summed E-state index contributed by atoms with van der Waals surface area (Å²) in [6.07, 6.45) is 0. The van der Waals surface area contributed by atoms with Gasteiger partial charge in [-0.15, -0.1) is 0 Å². The molecule has 138 valence electrons. The van der Waals surface area contributed by atoms with Gasteiger partial charge in [0.1, 0.15) is 12.6 Å². The summed E-state index contributed by atoms with van der Waals surface area (Å²) in [5, 5.41) is 5.93. The van der Waals surface area contributed by atoms with Crippen molar-refractivity contribution in [2.24, 2.45) is 0 Å². The van der Waals surface area contributed by atoms with Crippen molar-refractivity contribution in [3.8, 4) is 0 Å². The van der Waals surface area contributed by atoms with E-state index in [1.165, 1.54) is 10.5 Å². The van der Waals surface area contributed by atoms with E-state index < -0.39 is 6.04 Å². The van der Waals surface area contributed by atoms with E-state index in [-0.39, 0.29) is 11.8 Å². The fourth-order valence-corrected chi connectivity index (χ4v) is 2.83. The molecule has 2 aromatic carbocycles. The summed E-state index contributed by atoms with van der Waals surface area (Å²) < 4.78 is 0. The van der Waals surface area contributed by atoms with Gasteiger partial charge < -0.3 is 15.5 Å². The molecular weight excluding hydrogens is 350 g/mol. The number of hydrogen-bond acceptors (Lipinski definition) is 2. The molecule has 5 nitrogen and oxygen atoms in total. The van der Waals surface area contributed by atoms with Crippen molar-refractivity contribution in [1.29, 1.82) is 0 Å². The zero-order valence-corrected chi connectivity index (χ0v) is 16.1. The van der Waals surface area contributed by atoms with Gasteiger partial charge in [-0.3, -0.25) is 9.59 Å². The van der Waals surface area contributed by atoms with Crippen LogP contribution in [0.4, 0.5) is 0 Å². The molecule has 2 rings (SSSR count). The van der Waals surface area contributed by atoms with Crippen LogP contribution in [-0.2, 0) is 17.9 Å². The van der Waals surface area contributed by atoms with Crippen molar-refractivity contribution >= 4 is 23.4 Å². The summed E-state index contributed by atoms with van der Waals surface area (Å²) in [7, 11) is 4.17. The van der Waals surface area contributed by atoms with Crippen molar-refractivity contribution in [2.75, 3.05) is 14.1 Å². The number of halogens is 1. The summed E-state index contributed by atoms with van der Waals surface area (Å²) >= 11 is 6.02. The van der Waals surface area contributed by atoms with E-state index in [0.29, 0.717) is 17.1 Å². The highest BCUT2D eigenvalue weighted by atomic mass is 35.5. The highest BCUT2D eigenvalue weighted by molar-refractivity contribution is 6.33. The molecule has 0 aliphatic rings. The van der Waals surface area contributed by atoms with Crippen molar-refractivity contribution in [2.45, 2.75) is 26.1 Å². The lowest BCUT2D eigenvalue weighted by atomic mass is 10.1. The normalized spacial score (nSPS) is 11.9. The summed E-state index contributed by atoms with van der Waals surface area (Å²) in [6.45, 7) is 2.96. The Balaban J connectivity index is 1.94. The highest BCUT2D eigenvalue weighted by Crippen LogP contribution is 2.14. The average molecular weight is 375 g/mol. The Kier molecular flexibility index (Phi) is 7.18. The Labute approximate surface area is 159 Å². The quantitative estimate of drug-likeness (QED) is 0.686. The van der Waals surface area contributed by atoms with Crippen LogP contribution in [-0.4, -0.2) is 32.0 Å². The summed E-state index contributed by atoms with van der Waals surface area (Å²) in [6, 6.07) is 14.1. The molecule has 1 atom stereocenters. The number of quaternary nitrogens is 1. The smallest absolute Gasteiger partial charge is 0.253 e. The van der Waals surface area contributed by atoms with Gasteiger partial charge in [0.05, 0.1) is 24.7 Å². The summed E-state index contributed by atoms with van der Waals surface area (Å²) in [5.41, 5.74) is 2.63. The second-order valence-corrected chi connectivity index (χ2v) is 6.95. The second kappa shape index (κ2) is 9.36. The maximum Gasteiger partial charge on any atom is 0.253 e. The van der Waals surface area contributed by atoms with Crippen LogP contribution in [0.25, 0.3) is 0 Å². The van der Waals surface area contributed by atoms with Crippen LogP contribution in [0.3, 0.4) is 0 Å². The predicted octanol–water partition coefficient (Wildman–Crippen LogP) is 1.42. The molecule has 0 aliphatic heterocycles. The monoisotopic (exact) mass is 374 g/mol. The molecule has 0 spiro atoms. The molecule has 2 aromatic rings. The number of benzene rings is 2. The van der Waals surface area contributed by atoms with Gasteiger partial charge in [0.2, 0.25) is 5.91 Å². The average Bonchev–Trinajstić information content (AvgIpc) is 2.60. The van der Waals surface area contributed by atoms with E-state index in [2.05, 4.69) is 30.8 Å². The van der Waals surface area contributed by atoms with Crippen LogP contribution in [0, 0.1) is 0 Å². The lowest BCUT2D eigenvalue weighted by Gasteiger charge is -2.16. The number of nitrogens with one attached hydrogen (secondary N) is 3.